The molecule has 0 aromatic heterocycles. The van der Waals surface area contributed by atoms with Crippen LogP contribution >= 0.6 is 0 Å². The predicted octanol–water partition coefficient (Wildman–Crippen LogP) is 3.30. The lowest BCUT2D eigenvalue weighted by Crippen LogP contribution is -2.23. The molecule has 0 aliphatic carbocycles. The van der Waals surface area contributed by atoms with Crippen LogP contribution in [0.15, 0.2) is 18.2 Å². The molecule has 1 aromatic carbocycles. The van der Waals surface area contributed by atoms with E-state index in [1.807, 2.05) is 33.8 Å². The highest BCUT2D eigenvalue weighted by molar-refractivity contribution is 5.37. The second-order valence-electron chi connectivity index (χ2n) is 4.53. The largest absolute Gasteiger partial charge is 0.485 e. The maximum Gasteiger partial charge on any atom is 0.165 e. The van der Waals surface area contributed by atoms with Crippen molar-refractivity contribution >= 4 is 0 Å². The Labute approximate surface area is 115 Å². The molecule has 0 aliphatic heterocycles. The molecule has 0 aliphatic rings. The van der Waals surface area contributed by atoms with Crippen LogP contribution in [0.25, 0.3) is 0 Å². The van der Waals surface area contributed by atoms with Crippen LogP contribution in [0.2, 0.25) is 0 Å². The van der Waals surface area contributed by atoms with Gasteiger partial charge in [0.25, 0.3) is 0 Å². The van der Waals surface area contributed by atoms with Crippen molar-refractivity contribution < 1.29 is 13.9 Å². The van der Waals surface area contributed by atoms with Crippen LogP contribution in [0.3, 0.4) is 0 Å². The van der Waals surface area contributed by atoms with Crippen LogP contribution in [0.5, 0.6) is 5.75 Å². The molecular formula is C15H24FNO2. The van der Waals surface area contributed by atoms with E-state index in [2.05, 4.69) is 5.32 Å². The Kier molecular flexibility index (Phi) is 6.81. The van der Waals surface area contributed by atoms with E-state index in [0.717, 1.165) is 12.1 Å². The molecule has 0 spiro atoms. The van der Waals surface area contributed by atoms with E-state index in [9.17, 15) is 4.39 Å². The summed E-state index contributed by atoms with van der Waals surface area (Å²) in [6.45, 7) is 9.74. The average molecular weight is 269 g/mol. The average Bonchev–Trinajstić information content (AvgIpc) is 2.39. The summed E-state index contributed by atoms with van der Waals surface area (Å²) in [7, 11) is 0. The van der Waals surface area contributed by atoms with Gasteiger partial charge in [0.05, 0.1) is 6.61 Å². The number of rotatable bonds is 8. The lowest BCUT2D eigenvalue weighted by Gasteiger charge is -2.21. The minimum absolute atomic E-state index is 0.0509. The third-order valence-corrected chi connectivity index (χ3v) is 2.85. The van der Waals surface area contributed by atoms with E-state index in [-0.39, 0.29) is 18.0 Å². The molecule has 0 amide bonds. The molecule has 0 radical (unpaired) electrons. The minimum atomic E-state index is -0.328. The Balaban J connectivity index is 2.85. The Hall–Kier alpha value is -1.13. The van der Waals surface area contributed by atoms with Gasteiger partial charge in [0, 0.05) is 18.2 Å². The summed E-state index contributed by atoms with van der Waals surface area (Å²) < 4.78 is 24.9. The number of para-hydroxylation sites is 1. The summed E-state index contributed by atoms with van der Waals surface area (Å²) in [4.78, 5) is 0. The number of halogens is 1. The smallest absolute Gasteiger partial charge is 0.165 e. The zero-order valence-corrected chi connectivity index (χ0v) is 12.2. The van der Waals surface area contributed by atoms with Gasteiger partial charge in [-0.1, -0.05) is 19.1 Å². The normalized spacial score (nSPS) is 14.2. The van der Waals surface area contributed by atoms with Gasteiger partial charge in [-0.15, -0.1) is 0 Å². The maximum absolute atomic E-state index is 13.9. The van der Waals surface area contributed by atoms with Crippen LogP contribution in [-0.4, -0.2) is 25.9 Å². The zero-order valence-electron chi connectivity index (χ0n) is 12.2. The van der Waals surface area contributed by atoms with Gasteiger partial charge in [-0.2, -0.15) is 0 Å². The molecule has 2 atom stereocenters. The van der Waals surface area contributed by atoms with Crippen molar-refractivity contribution in [3.05, 3.63) is 29.6 Å². The molecule has 0 saturated carbocycles. The van der Waals surface area contributed by atoms with Crippen LogP contribution in [0.4, 0.5) is 4.39 Å². The molecule has 4 heteroatoms. The third kappa shape index (κ3) is 4.80. The number of hydrogen-bond donors (Lipinski definition) is 1. The Morgan fingerprint density at radius 2 is 2.00 bits per heavy atom. The summed E-state index contributed by atoms with van der Waals surface area (Å²) in [5, 5.41) is 3.27. The first kappa shape index (κ1) is 15.9. The standard InChI is InChI=1S/C15H24FNO2/c1-5-17-12(4)13-8-7-9-14(16)15(13)19-11(3)10-18-6-2/h7-9,11-12,17H,5-6,10H2,1-4H3. The molecule has 2 unspecified atom stereocenters. The molecule has 0 fully saturated rings. The second kappa shape index (κ2) is 8.12. The van der Waals surface area contributed by atoms with Gasteiger partial charge >= 0.3 is 0 Å². The summed E-state index contributed by atoms with van der Waals surface area (Å²) in [6.07, 6.45) is -0.176. The number of benzene rings is 1. The van der Waals surface area contributed by atoms with E-state index in [1.54, 1.807) is 6.07 Å². The molecule has 19 heavy (non-hydrogen) atoms. The van der Waals surface area contributed by atoms with Crippen LogP contribution < -0.4 is 10.1 Å². The molecule has 3 nitrogen and oxygen atoms in total. The van der Waals surface area contributed by atoms with Crippen molar-refractivity contribution in [2.45, 2.75) is 39.8 Å². The third-order valence-electron chi connectivity index (χ3n) is 2.85. The molecule has 1 aromatic rings. The highest BCUT2D eigenvalue weighted by atomic mass is 19.1. The van der Waals surface area contributed by atoms with Crippen molar-refractivity contribution in [3.8, 4) is 5.75 Å². The monoisotopic (exact) mass is 269 g/mol. The van der Waals surface area contributed by atoms with Crippen molar-refractivity contribution in [1.29, 1.82) is 0 Å². The van der Waals surface area contributed by atoms with Crippen molar-refractivity contribution in [3.63, 3.8) is 0 Å². The molecule has 0 saturated heterocycles. The minimum Gasteiger partial charge on any atom is -0.485 e. The quantitative estimate of drug-likeness (QED) is 0.785. The fourth-order valence-electron chi connectivity index (χ4n) is 1.93. The topological polar surface area (TPSA) is 30.5 Å². The number of ether oxygens (including phenoxy) is 2. The van der Waals surface area contributed by atoms with Crippen molar-refractivity contribution in [2.24, 2.45) is 0 Å². The van der Waals surface area contributed by atoms with E-state index in [4.69, 9.17) is 9.47 Å². The molecule has 0 heterocycles. The van der Waals surface area contributed by atoms with E-state index >= 15 is 0 Å². The first-order chi connectivity index (χ1) is 9.10. The van der Waals surface area contributed by atoms with Gasteiger partial charge in [0.1, 0.15) is 6.10 Å². The number of nitrogens with one attached hydrogen (secondary N) is 1. The van der Waals surface area contributed by atoms with Gasteiger partial charge in [0.2, 0.25) is 0 Å². The lowest BCUT2D eigenvalue weighted by atomic mass is 10.1. The molecule has 108 valence electrons. The Bertz CT molecular complexity index is 384. The lowest BCUT2D eigenvalue weighted by molar-refractivity contribution is 0.0628. The zero-order chi connectivity index (χ0) is 14.3. The van der Waals surface area contributed by atoms with Crippen molar-refractivity contribution in [1.82, 2.24) is 5.32 Å². The molecule has 1 rings (SSSR count). The summed E-state index contributed by atoms with van der Waals surface area (Å²) in [5.74, 6) is -0.00578. The van der Waals surface area contributed by atoms with Crippen molar-refractivity contribution in [2.75, 3.05) is 19.8 Å². The highest BCUT2D eigenvalue weighted by Crippen LogP contribution is 2.29. The Morgan fingerprint density at radius 3 is 2.63 bits per heavy atom. The molecular weight excluding hydrogens is 245 g/mol. The van der Waals surface area contributed by atoms with E-state index < -0.39 is 0 Å². The van der Waals surface area contributed by atoms with Gasteiger partial charge in [-0.3, -0.25) is 0 Å². The SMILES string of the molecule is CCNC(C)c1cccc(F)c1OC(C)COCC. The number of hydrogen-bond acceptors (Lipinski definition) is 3. The van der Waals surface area contributed by atoms with Gasteiger partial charge in [-0.25, -0.2) is 4.39 Å². The van der Waals surface area contributed by atoms with E-state index in [1.165, 1.54) is 6.07 Å². The predicted molar refractivity (Wildman–Crippen MR) is 75.1 cm³/mol. The fourth-order valence-corrected chi connectivity index (χ4v) is 1.93. The summed E-state index contributed by atoms with van der Waals surface area (Å²) >= 11 is 0. The van der Waals surface area contributed by atoms with Gasteiger partial charge in [0.15, 0.2) is 11.6 Å². The first-order valence-corrected chi connectivity index (χ1v) is 6.86. The summed E-state index contributed by atoms with van der Waals surface area (Å²) in [6, 6.07) is 5.07. The second-order valence-corrected chi connectivity index (χ2v) is 4.53. The van der Waals surface area contributed by atoms with Crippen LogP contribution in [0.1, 0.15) is 39.3 Å². The van der Waals surface area contributed by atoms with Crippen LogP contribution in [-0.2, 0) is 4.74 Å². The van der Waals surface area contributed by atoms with Gasteiger partial charge in [-0.05, 0) is 33.4 Å². The Morgan fingerprint density at radius 1 is 1.26 bits per heavy atom. The molecule has 1 N–H and O–H groups in total. The van der Waals surface area contributed by atoms with Gasteiger partial charge < -0.3 is 14.8 Å². The maximum atomic E-state index is 13.9. The summed E-state index contributed by atoms with van der Waals surface area (Å²) in [5.41, 5.74) is 0.838. The van der Waals surface area contributed by atoms with E-state index in [0.29, 0.717) is 19.0 Å². The molecule has 0 bridgehead atoms. The first-order valence-electron chi connectivity index (χ1n) is 6.86. The van der Waals surface area contributed by atoms with Crippen LogP contribution in [0, 0.1) is 5.82 Å². The highest BCUT2D eigenvalue weighted by Gasteiger charge is 2.17. The fraction of sp³-hybridized carbons (Fsp3) is 0.600.